The number of aromatic nitrogens is 2. The highest BCUT2D eigenvalue weighted by Crippen LogP contribution is 2.29. The van der Waals surface area contributed by atoms with Crippen LogP contribution in [0.25, 0.3) is 5.69 Å². The van der Waals surface area contributed by atoms with Gasteiger partial charge in [0.15, 0.2) is 6.10 Å². The van der Waals surface area contributed by atoms with E-state index in [-0.39, 0.29) is 5.02 Å². The van der Waals surface area contributed by atoms with Crippen LogP contribution in [0.15, 0.2) is 48.5 Å². The van der Waals surface area contributed by atoms with E-state index in [1.54, 1.807) is 36.7 Å². The first kappa shape index (κ1) is 20.9. The van der Waals surface area contributed by atoms with Gasteiger partial charge in [0.25, 0.3) is 5.91 Å². The number of nitrogens with one attached hydrogen (secondary N) is 1. The average Bonchev–Trinajstić information content (AvgIpc) is 3.00. The SMILES string of the molecule is Cc1nn(-c2ccccc2)c(C)c1C(=O)OC(C)C(=O)Nc1cccc(Cl)c1Cl. The van der Waals surface area contributed by atoms with Gasteiger partial charge in [0.2, 0.25) is 0 Å². The zero-order chi connectivity index (χ0) is 21.1. The van der Waals surface area contributed by atoms with Crippen molar-refractivity contribution in [2.45, 2.75) is 26.9 Å². The number of hydrogen-bond acceptors (Lipinski definition) is 4. The molecule has 0 spiro atoms. The van der Waals surface area contributed by atoms with Gasteiger partial charge < -0.3 is 10.1 Å². The summed E-state index contributed by atoms with van der Waals surface area (Å²) in [5.74, 6) is -1.14. The number of benzene rings is 2. The number of halogens is 2. The van der Waals surface area contributed by atoms with E-state index in [2.05, 4.69) is 10.4 Å². The molecule has 1 atom stereocenters. The molecular formula is C21H19Cl2N3O3. The maximum atomic E-state index is 12.7. The zero-order valence-corrected chi connectivity index (χ0v) is 17.6. The van der Waals surface area contributed by atoms with Gasteiger partial charge in [-0.1, -0.05) is 47.5 Å². The molecule has 1 N–H and O–H groups in total. The summed E-state index contributed by atoms with van der Waals surface area (Å²) in [5.41, 5.74) is 2.64. The Labute approximate surface area is 178 Å². The van der Waals surface area contributed by atoms with Crippen molar-refractivity contribution < 1.29 is 14.3 Å². The van der Waals surface area contributed by atoms with Crippen LogP contribution in [0, 0.1) is 13.8 Å². The van der Waals surface area contributed by atoms with E-state index in [0.29, 0.717) is 27.7 Å². The molecule has 3 rings (SSSR count). The number of amides is 1. The Morgan fingerprint density at radius 1 is 1.07 bits per heavy atom. The summed E-state index contributed by atoms with van der Waals surface area (Å²) in [5, 5.41) is 7.57. The van der Waals surface area contributed by atoms with E-state index in [4.69, 9.17) is 27.9 Å². The van der Waals surface area contributed by atoms with Crippen molar-refractivity contribution in [1.82, 2.24) is 9.78 Å². The number of carbonyl (C=O) groups is 2. The number of ether oxygens (including phenoxy) is 1. The van der Waals surface area contributed by atoms with Crippen molar-refractivity contribution in [2.24, 2.45) is 0 Å². The minimum absolute atomic E-state index is 0.219. The van der Waals surface area contributed by atoms with Crippen molar-refractivity contribution >= 4 is 40.8 Å². The molecular weight excluding hydrogens is 413 g/mol. The maximum absolute atomic E-state index is 12.7. The molecule has 0 aliphatic rings. The molecule has 150 valence electrons. The van der Waals surface area contributed by atoms with Crippen LogP contribution >= 0.6 is 23.2 Å². The normalized spacial score (nSPS) is 11.8. The van der Waals surface area contributed by atoms with Crippen molar-refractivity contribution in [3.8, 4) is 5.69 Å². The first-order chi connectivity index (χ1) is 13.8. The van der Waals surface area contributed by atoms with Crippen LogP contribution < -0.4 is 5.32 Å². The van der Waals surface area contributed by atoms with Crippen LogP contribution in [0.4, 0.5) is 5.69 Å². The quantitative estimate of drug-likeness (QED) is 0.578. The molecule has 0 bridgehead atoms. The lowest BCUT2D eigenvalue weighted by molar-refractivity contribution is -0.123. The van der Waals surface area contributed by atoms with E-state index in [1.165, 1.54) is 6.92 Å². The Hall–Kier alpha value is -2.83. The number of rotatable bonds is 5. The fourth-order valence-electron chi connectivity index (χ4n) is 2.87. The second-order valence-corrected chi connectivity index (χ2v) is 7.22. The third kappa shape index (κ3) is 4.44. The van der Waals surface area contributed by atoms with Crippen LogP contribution in [0.3, 0.4) is 0 Å². The van der Waals surface area contributed by atoms with Gasteiger partial charge in [-0.25, -0.2) is 9.48 Å². The predicted octanol–water partition coefficient (Wildman–Crippen LogP) is 4.98. The molecule has 1 amide bonds. The lowest BCUT2D eigenvalue weighted by Crippen LogP contribution is -2.30. The summed E-state index contributed by atoms with van der Waals surface area (Å²) in [7, 11) is 0. The van der Waals surface area contributed by atoms with Crippen LogP contribution in [0.1, 0.15) is 28.7 Å². The molecule has 6 nitrogen and oxygen atoms in total. The molecule has 0 saturated carbocycles. The standard InChI is InChI=1S/C21H19Cl2N3O3/c1-12-18(13(2)26(25-12)15-8-5-4-6-9-15)21(28)29-14(3)20(27)24-17-11-7-10-16(22)19(17)23/h4-11,14H,1-3H3,(H,24,27). The number of hydrogen-bond donors (Lipinski definition) is 1. The molecule has 0 aliphatic carbocycles. The molecule has 1 heterocycles. The molecule has 0 fully saturated rings. The first-order valence-corrected chi connectivity index (χ1v) is 9.62. The zero-order valence-electron chi connectivity index (χ0n) is 16.1. The molecule has 2 aromatic carbocycles. The largest absolute Gasteiger partial charge is 0.449 e. The van der Waals surface area contributed by atoms with Crippen molar-refractivity contribution in [1.29, 1.82) is 0 Å². The van der Waals surface area contributed by atoms with Gasteiger partial charge >= 0.3 is 5.97 Å². The number of carbonyl (C=O) groups excluding carboxylic acids is 2. The number of nitrogens with zero attached hydrogens (tertiary/aromatic N) is 2. The minimum atomic E-state index is -1.04. The van der Waals surface area contributed by atoms with E-state index in [0.717, 1.165) is 5.69 Å². The number of anilines is 1. The summed E-state index contributed by atoms with van der Waals surface area (Å²) >= 11 is 12.0. The summed E-state index contributed by atoms with van der Waals surface area (Å²) in [4.78, 5) is 25.1. The van der Waals surface area contributed by atoms with Crippen LogP contribution in [0.5, 0.6) is 0 Å². The average molecular weight is 432 g/mol. The maximum Gasteiger partial charge on any atom is 0.342 e. The van der Waals surface area contributed by atoms with Gasteiger partial charge in [0.05, 0.1) is 32.8 Å². The second kappa shape index (κ2) is 8.68. The van der Waals surface area contributed by atoms with E-state index in [1.807, 2.05) is 30.3 Å². The predicted molar refractivity (Wildman–Crippen MR) is 113 cm³/mol. The van der Waals surface area contributed by atoms with Gasteiger partial charge in [-0.3, -0.25) is 4.79 Å². The van der Waals surface area contributed by atoms with E-state index in [9.17, 15) is 9.59 Å². The van der Waals surface area contributed by atoms with Gasteiger partial charge in [0, 0.05) is 0 Å². The lowest BCUT2D eigenvalue weighted by Gasteiger charge is -2.15. The second-order valence-electron chi connectivity index (χ2n) is 6.43. The lowest BCUT2D eigenvalue weighted by atomic mass is 10.2. The minimum Gasteiger partial charge on any atom is -0.449 e. The third-order valence-electron chi connectivity index (χ3n) is 4.36. The number of esters is 1. The summed E-state index contributed by atoms with van der Waals surface area (Å²) in [6.45, 7) is 4.98. The van der Waals surface area contributed by atoms with Crippen molar-refractivity contribution in [2.75, 3.05) is 5.32 Å². The Kier molecular flexibility index (Phi) is 6.25. The fraction of sp³-hybridized carbons (Fsp3) is 0.190. The Bertz CT molecular complexity index is 1060. The molecule has 0 radical (unpaired) electrons. The van der Waals surface area contributed by atoms with Gasteiger partial charge in [-0.15, -0.1) is 0 Å². The van der Waals surface area contributed by atoms with Gasteiger partial charge in [0.1, 0.15) is 5.56 Å². The van der Waals surface area contributed by atoms with Crippen LogP contribution in [-0.2, 0) is 9.53 Å². The molecule has 0 aliphatic heterocycles. The van der Waals surface area contributed by atoms with Crippen LogP contribution in [-0.4, -0.2) is 27.8 Å². The highest BCUT2D eigenvalue weighted by molar-refractivity contribution is 6.44. The highest BCUT2D eigenvalue weighted by atomic mass is 35.5. The van der Waals surface area contributed by atoms with Crippen molar-refractivity contribution in [3.63, 3.8) is 0 Å². The summed E-state index contributed by atoms with van der Waals surface area (Å²) in [6, 6.07) is 14.3. The van der Waals surface area contributed by atoms with E-state index < -0.39 is 18.0 Å². The smallest absolute Gasteiger partial charge is 0.342 e. The Morgan fingerprint density at radius 2 is 1.76 bits per heavy atom. The topological polar surface area (TPSA) is 73.2 Å². The Balaban J connectivity index is 1.75. The Morgan fingerprint density at radius 3 is 2.45 bits per heavy atom. The molecule has 3 aromatic rings. The number of aryl methyl sites for hydroxylation is 1. The first-order valence-electron chi connectivity index (χ1n) is 8.87. The van der Waals surface area contributed by atoms with Crippen LogP contribution in [0.2, 0.25) is 10.0 Å². The summed E-state index contributed by atoms with van der Waals surface area (Å²) < 4.78 is 7.04. The molecule has 1 unspecified atom stereocenters. The molecule has 0 saturated heterocycles. The molecule has 1 aromatic heterocycles. The van der Waals surface area contributed by atoms with Crippen molar-refractivity contribution in [3.05, 3.63) is 75.5 Å². The van der Waals surface area contributed by atoms with Gasteiger partial charge in [-0.2, -0.15) is 5.10 Å². The van der Waals surface area contributed by atoms with Gasteiger partial charge in [-0.05, 0) is 45.0 Å². The number of para-hydroxylation sites is 1. The monoisotopic (exact) mass is 431 g/mol. The highest BCUT2D eigenvalue weighted by Gasteiger charge is 2.25. The summed E-state index contributed by atoms with van der Waals surface area (Å²) in [6.07, 6.45) is -1.04. The van der Waals surface area contributed by atoms with E-state index >= 15 is 0 Å². The molecule has 8 heteroatoms. The third-order valence-corrected chi connectivity index (χ3v) is 5.18. The fourth-order valence-corrected chi connectivity index (χ4v) is 3.21. The molecule has 29 heavy (non-hydrogen) atoms.